The van der Waals surface area contributed by atoms with Crippen molar-refractivity contribution in [2.45, 2.75) is 13.5 Å². The highest BCUT2D eigenvalue weighted by Gasteiger charge is 2.34. The zero-order valence-corrected chi connectivity index (χ0v) is 25.2. The summed E-state index contributed by atoms with van der Waals surface area (Å²) in [4.78, 5) is 29.8. The summed E-state index contributed by atoms with van der Waals surface area (Å²) in [6.07, 6.45) is 1.64. The van der Waals surface area contributed by atoms with Crippen molar-refractivity contribution in [1.29, 1.82) is 0 Å². The van der Waals surface area contributed by atoms with Crippen molar-refractivity contribution in [2.75, 3.05) is 13.7 Å². The Hall–Kier alpha value is -3.24. The Bertz CT molecular complexity index is 1560. The van der Waals surface area contributed by atoms with Gasteiger partial charge in [0.25, 0.3) is 5.91 Å². The van der Waals surface area contributed by atoms with Gasteiger partial charge >= 0.3 is 5.97 Å². The predicted octanol–water partition coefficient (Wildman–Crippen LogP) is 8.05. The Morgan fingerprint density at radius 2 is 1.82 bits per heavy atom. The van der Waals surface area contributed by atoms with Crippen LogP contribution in [0.25, 0.3) is 6.08 Å². The number of benzene rings is 3. The molecule has 0 aromatic heterocycles. The number of carbonyl (C=O) groups excluding carboxylic acids is 2. The third-order valence-corrected chi connectivity index (χ3v) is 7.86. The van der Waals surface area contributed by atoms with Crippen molar-refractivity contribution in [2.24, 2.45) is 4.99 Å². The number of hydrogen-bond acceptors (Lipinski definition) is 7. The quantitative estimate of drug-likeness (QED) is 0.244. The Morgan fingerprint density at radius 3 is 2.50 bits per heavy atom. The van der Waals surface area contributed by atoms with Crippen LogP contribution < -0.4 is 9.47 Å². The van der Waals surface area contributed by atoms with E-state index in [4.69, 9.17) is 37.4 Å². The van der Waals surface area contributed by atoms with E-state index < -0.39 is 11.9 Å². The second kappa shape index (κ2) is 13.4. The van der Waals surface area contributed by atoms with Gasteiger partial charge in [0.1, 0.15) is 23.0 Å². The first-order chi connectivity index (χ1) is 19.2. The summed E-state index contributed by atoms with van der Waals surface area (Å²) >= 11 is 16.8. The molecule has 40 heavy (non-hydrogen) atoms. The van der Waals surface area contributed by atoms with Crippen molar-refractivity contribution < 1.29 is 28.9 Å². The Morgan fingerprint density at radius 1 is 1.07 bits per heavy atom. The van der Waals surface area contributed by atoms with E-state index in [2.05, 4.69) is 20.9 Å². The molecule has 3 aromatic carbocycles. The highest BCUT2D eigenvalue weighted by Crippen LogP contribution is 2.42. The number of aliphatic imine (C=N–C) groups is 1. The molecule has 4 rings (SSSR count). The largest absolute Gasteiger partial charge is 0.506 e. The smallest absolute Gasteiger partial charge is 0.344 e. The van der Waals surface area contributed by atoms with Gasteiger partial charge in [0.05, 0.1) is 18.6 Å². The van der Waals surface area contributed by atoms with Crippen LogP contribution in [0, 0.1) is 0 Å². The van der Waals surface area contributed by atoms with E-state index in [9.17, 15) is 14.7 Å². The van der Waals surface area contributed by atoms with Gasteiger partial charge in [-0.1, -0.05) is 75.2 Å². The molecule has 0 bridgehead atoms. The highest BCUT2D eigenvalue weighted by molar-refractivity contribution is 9.10. The lowest BCUT2D eigenvalue weighted by Crippen LogP contribution is -2.14. The van der Waals surface area contributed by atoms with Crippen LogP contribution in [-0.2, 0) is 16.1 Å². The van der Waals surface area contributed by atoms with Crippen molar-refractivity contribution in [3.63, 3.8) is 0 Å². The van der Waals surface area contributed by atoms with Crippen LogP contribution in [-0.4, -0.2) is 35.7 Å². The molecular weight excluding hydrogens is 641 g/mol. The maximum Gasteiger partial charge on any atom is 0.344 e. The minimum Gasteiger partial charge on any atom is -0.506 e. The van der Waals surface area contributed by atoms with Crippen LogP contribution in [0.15, 0.2) is 86.4 Å². The third kappa shape index (κ3) is 6.90. The fourth-order valence-corrected chi connectivity index (χ4v) is 5.50. The topological polar surface area (TPSA) is 94.4 Å². The number of hydrogen-bond donors (Lipinski definition) is 1. The van der Waals surface area contributed by atoms with E-state index in [-0.39, 0.29) is 29.6 Å². The van der Waals surface area contributed by atoms with Crippen LogP contribution in [0.1, 0.15) is 28.4 Å². The van der Waals surface area contributed by atoms with Gasteiger partial charge in [-0.2, -0.15) is 0 Å². The normalized spacial score (nSPS) is 15.0. The summed E-state index contributed by atoms with van der Waals surface area (Å²) in [7, 11) is 1.50. The van der Waals surface area contributed by atoms with Crippen LogP contribution in [0.3, 0.4) is 0 Å². The molecule has 1 amide bonds. The molecule has 0 radical (unpaired) electrons. The van der Waals surface area contributed by atoms with Crippen molar-refractivity contribution >= 4 is 73.9 Å². The number of thioether (sulfide) groups is 1. The molecule has 11 heteroatoms. The molecule has 1 N–H and O–H groups in total. The van der Waals surface area contributed by atoms with Crippen LogP contribution in [0.5, 0.6) is 11.5 Å². The van der Waals surface area contributed by atoms with Gasteiger partial charge in [0, 0.05) is 25.6 Å². The van der Waals surface area contributed by atoms with E-state index in [1.54, 1.807) is 73.7 Å². The summed E-state index contributed by atoms with van der Waals surface area (Å²) in [6.45, 7) is 1.91. The van der Waals surface area contributed by atoms with Gasteiger partial charge in [-0.3, -0.25) is 4.79 Å². The van der Waals surface area contributed by atoms with Gasteiger partial charge in [0.15, 0.2) is 11.5 Å². The van der Waals surface area contributed by atoms with E-state index in [0.717, 1.165) is 17.3 Å². The van der Waals surface area contributed by atoms with Crippen LogP contribution in [0.4, 0.5) is 0 Å². The van der Waals surface area contributed by atoms with E-state index >= 15 is 0 Å². The number of methoxy groups -OCH3 is 1. The van der Waals surface area contributed by atoms with Gasteiger partial charge in [-0.15, -0.1) is 0 Å². The van der Waals surface area contributed by atoms with Gasteiger partial charge in [-0.25, -0.2) is 9.79 Å². The number of esters is 1. The number of carbonyl (C=O) groups is 2. The summed E-state index contributed by atoms with van der Waals surface area (Å²) < 4.78 is 17.2. The monoisotopic (exact) mass is 661 g/mol. The number of halogens is 3. The average molecular weight is 663 g/mol. The summed E-state index contributed by atoms with van der Waals surface area (Å²) in [5.41, 5.74) is 1.53. The van der Waals surface area contributed by atoms with Crippen LogP contribution in [0.2, 0.25) is 10.0 Å². The van der Waals surface area contributed by atoms with Gasteiger partial charge in [-0.05, 0) is 55.0 Å². The Kier molecular flexibility index (Phi) is 9.97. The molecule has 3 aromatic rings. The van der Waals surface area contributed by atoms with E-state index in [0.29, 0.717) is 42.0 Å². The van der Waals surface area contributed by atoms with E-state index in [1.165, 1.54) is 7.11 Å². The van der Waals surface area contributed by atoms with Crippen molar-refractivity contribution in [1.82, 2.24) is 0 Å². The molecule has 0 saturated heterocycles. The SMILES string of the molecule is CCOC(=O)C1=C(O)/C(=C/c2cc(OC)c(OCc3ccc(Cl)cc3Cl)cc2Br)SC1=NC(=O)c1ccccc1. The summed E-state index contributed by atoms with van der Waals surface area (Å²) in [6, 6.07) is 17.0. The number of rotatable bonds is 8. The molecule has 1 heterocycles. The standard InChI is InChI=1S/C29H22BrCl2NO6S/c1-3-38-29(36)25-26(34)24(40-28(25)33-27(35)16-7-5-4-6-8-16)12-18-11-22(37-2)23(14-20(18)30)39-15-17-9-10-19(31)13-21(17)32/h4-14,34H,3,15H2,1-2H3/b24-12-,33-28?. The summed E-state index contributed by atoms with van der Waals surface area (Å²) in [5, 5.41) is 12.0. The van der Waals surface area contributed by atoms with Gasteiger partial charge in [0.2, 0.25) is 0 Å². The number of nitrogens with zero attached hydrogens (tertiary/aromatic N) is 1. The molecular formula is C29H22BrCl2NO6S. The van der Waals surface area contributed by atoms with Crippen molar-refractivity contribution in [3.8, 4) is 11.5 Å². The first-order valence-electron chi connectivity index (χ1n) is 11.8. The molecule has 1 aliphatic heterocycles. The molecule has 1 aliphatic rings. The first-order valence-corrected chi connectivity index (χ1v) is 14.2. The molecule has 0 fully saturated rings. The first kappa shape index (κ1) is 29.7. The summed E-state index contributed by atoms with van der Waals surface area (Å²) in [5.74, 6) is -0.804. The molecule has 0 unspecified atom stereocenters. The number of amides is 1. The van der Waals surface area contributed by atoms with Crippen LogP contribution >= 0.6 is 50.9 Å². The molecule has 0 spiro atoms. The predicted molar refractivity (Wildman–Crippen MR) is 162 cm³/mol. The minimum atomic E-state index is -0.781. The average Bonchev–Trinajstić information content (AvgIpc) is 3.24. The number of aliphatic hydroxyl groups is 1. The molecule has 0 aliphatic carbocycles. The minimum absolute atomic E-state index is 0.0407. The second-order valence-electron chi connectivity index (χ2n) is 8.19. The van der Waals surface area contributed by atoms with Gasteiger partial charge < -0.3 is 19.3 Å². The zero-order chi connectivity index (χ0) is 28.8. The Labute approximate surface area is 253 Å². The molecule has 206 valence electrons. The highest BCUT2D eigenvalue weighted by atomic mass is 79.9. The lowest BCUT2D eigenvalue weighted by atomic mass is 10.1. The lowest BCUT2D eigenvalue weighted by molar-refractivity contribution is -0.138. The second-order valence-corrected chi connectivity index (χ2v) is 10.9. The molecule has 0 saturated carbocycles. The molecule has 7 nitrogen and oxygen atoms in total. The fourth-order valence-electron chi connectivity index (χ4n) is 3.60. The number of aliphatic hydroxyl groups excluding tert-OH is 1. The van der Waals surface area contributed by atoms with E-state index in [1.807, 2.05) is 0 Å². The number of ether oxygens (including phenoxy) is 3. The zero-order valence-electron chi connectivity index (χ0n) is 21.2. The molecule has 0 atom stereocenters. The lowest BCUT2D eigenvalue weighted by Gasteiger charge is -2.14. The third-order valence-electron chi connectivity index (χ3n) is 5.56. The maximum atomic E-state index is 12.7. The Balaban J connectivity index is 1.66. The van der Waals surface area contributed by atoms with Crippen molar-refractivity contribution in [3.05, 3.63) is 108 Å². The maximum absolute atomic E-state index is 12.7. The fraction of sp³-hybridized carbons (Fsp3) is 0.138.